The van der Waals surface area contributed by atoms with Crippen LogP contribution in [0.3, 0.4) is 0 Å². The molecule has 1 heterocycles. The Morgan fingerprint density at radius 3 is 2.55 bits per heavy atom. The highest BCUT2D eigenvalue weighted by molar-refractivity contribution is 14.0. The SMILES string of the molecule is CCNC(=NCC1CCN(c2ccccc2OC)C1)N(C)Cc1ccc(OC)cc1.I. The zero-order chi connectivity index (χ0) is 21.3. The van der Waals surface area contributed by atoms with E-state index in [-0.39, 0.29) is 24.0 Å². The number of nitrogens with zero attached hydrogens (tertiary/aromatic N) is 3. The third-order valence-electron chi connectivity index (χ3n) is 5.49. The van der Waals surface area contributed by atoms with Crippen LogP contribution < -0.4 is 19.7 Å². The van der Waals surface area contributed by atoms with E-state index in [4.69, 9.17) is 14.5 Å². The summed E-state index contributed by atoms with van der Waals surface area (Å²) in [7, 11) is 5.51. The molecule has 1 saturated heterocycles. The van der Waals surface area contributed by atoms with Crippen LogP contribution in [0, 0.1) is 5.92 Å². The predicted octanol–water partition coefficient (Wildman–Crippen LogP) is 4.25. The second-order valence-corrected chi connectivity index (χ2v) is 7.67. The van der Waals surface area contributed by atoms with Crippen molar-refractivity contribution < 1.29 is 9.47 Å². The third-order valence-corrected chi connectivity index (χ3v) is 5.49. The van der Waals surface area contributed by atoms with Gasteiger partial charge in [0, 0.05) is 39.8 Å². The first-order valence-corrected chi connectivity index (χ1v) is 10.6. The zero-order valence-electron chi connectivity index (χ0n) is 19.0. The number of benzene rings is 2. The Morgan fingerprint density at radius 2 is 1.87 bits per heavy atom. The molecule has 7 heteroatoms. The van der Waals surface area contributed by atoms with Gasteiger partial charge >= 0.3 is 0 Å². The molecule has 0 amide bonds. The summed E-state index contributed by atoms with van der Waals surface area (Å²) in [4.78, 5) is 9.53. The van der Waals surface area contributed by atoms with Gasteiger partial charge in [-0.05, 0) is 49.1 Å². The van der Waals surface area contributed by atoms with E-state index in [9.17, 15) is 0 Å². The average molecular weight is 538 g/mol. The van der Waals surface area contributed by atoms with Gasteiger partial charge in [-0.1, -0.05) is 24.3 Å². The maximum atomic E-state index is 5.53. The van der Waals surface area contributed by atoms with Gasteiger partial charge < -0.3 is 24.6 Å². The van der Waals surface area contributed by atoms with Gasteiger partial charge in [-0.3, -0.25) is 4.99 Å². The lowest BCUT2D eigenvalue weighted by Crippen LogP contribution is -2.39. The number of ether oxygens (including phenoxy) is 2. The van der Waals surface area contributed by atoms with Crippen molar-refractivity contribution in [2.45, 2.75) is 19.9 Å². The Kier molecular flexibility index (Phi) is 10.2. The molecule has 1 atom stereocenters. The van der Waals surface area contributed by atoms with Crippen LogP contribution in [0.4, 0.5) is 5.69 Å². The van der Waals surface area contributed by atoms with Crippen LogP contribution in [0.5, 0.6) is 11.5 Å². The van der Waals surface area contributed by atoms with E-state index < -0.39 is 0 Å². The first-order chi connectivity index (χ1) is 14.6. The number of hydrogen-bond donors (Lipinski definition) is 1. The summed E-state index contributed by atoms with van der Waals surface area (Å²) in [5.74, 6) is 3.30. The van der Waals surface area contributed by atoms with Crippen molar-refractivity contribution in [3.05, 3.63) is 54.1 Å². The number of guanidine groups is 1. The van der Waals surface area contributed by atoms with Crippen LogP contribution in [0.25, 0.3) is 0 Å². The van der Waals surface area contributed by atoms with Crippen molar-refractivity contribution in [2.24, 2.45) is 10.9 Å². The quantitative estimate of drug-likeness (QED) is 0.310. The largest absolute Gasteiger partial charge is 0.497 e. The molecule has 3 rings (SSSR count). The van der Waals surface area contributed by atoms with E-state index in [0.29, 0.717) is 5.92 Å². The summed E-state index contributed by atoms with van der Waals surface area (Å²) >= 11 is 0. The van der Waals surface area contributed by atoms with E-state index in [2.05, 4.69) is 53.4 Å². The highest BCUT2D eigenvalue weighted by Gasteiger charge is 2.24. The normalized spacial score (nSPS) is 15.9. The Labute approximate surface area is 203 Å². The van der Waals surface area contributed by atoms with Crippen molar-refractivity contribution in [2.75, 3.05) is 52.3 Å². The summed E-state index contributed by atoms with van der Waals surface area (Å²) in [5.41, 5.74) is 2.40. The third kappa shape index (κ3) is 6.92. The summed E-state index contributed by atoms with van der Waals surface area (Å²) in [6, 6.07) is 16.4. The van der Waals surface area contributed by atoms with Gasteiger partial charge in [0.25, 0.3) is 0 Å². The molecular formula is C24H35IN4O2. The lowest BCUT2D eigenvalue weighted by atomic mass is 10.1. The lowest BCUT2D eigenvalue weighted by molar-refractivity contribution is 0.414. The number of para-hydroxylation sites is 2. The number of halogens is 1. The molecule has 1 unspecified atom stereocenters. The van der Waals surface area contributed by atoms with E-state index in [1.54, 1.807) is 14.2 Å². The fourth-order valence-electron chi connectivity index (χ4n) is 3.86. The molecule has 6 nitrogen and oxygen atoms in total. The molecule has 2 aromatic rings. The minimum Gasteiger partial charge on any atom is -0.497 e. The molecule has 0 aliphatic carbocycles. The minimum absolute atomic E-state index is 0. The number of methoxy groups -OCH3 is 2. The molecule has 0 radical (unpaired) electrons. The maximum Gasteiger partial charge on any atom is 0.193 e. The van der Waals surface area contributed by atoms with Gasteiger partial charge in [0.05, 0.1) is 19.9 Å². The molecule has 1 N–H and O–H groups in total. The van der Waals surface area contributed by atoms with Crippen molar-refractivity contribution in [1.82, 2.24) is 10.2 Å². The van der Waals surface area contributed by atoms with Crippen LogP contribution in [0.2, 0.25) is 0 Å². The standard InChI is InChI=1S/C24H34N4O2.HI/c1-5-25-24(27(2)17-19-10-12-21(29-3)13-11-19)26-16-20-14-15-28(18-20)22-8-6-7-9-23(22)30-4;/h6-13,20H,5,14-18H2,1-4H3,(H,25,26);1H. The molecule has 0 bridgehead atoms. The Balaban J connectivity index is 0.00000341. The maximum absolute atomic E-state index is 5.53. The zero-order valence-corrected chi connectivity index (χ0v) is 21.3. The fraction of sp³-hybridized carbons (Fsp3) is 0.458. The fourth-order valence-corrected chi connectivity index (χ4v) is 3.86. The van der Waals surface area contributed by atoms with Crippen molar-refractivity contribution in [1.29, 1.82) is 0 Å². The van der Waals surface area contributed by atoms with Gasteiger partial charge in [0.1, 0.15) is 11.5 Å². The number of aliphatic imine (C=N–C) groups is 1. The smallest absolute Gasteiger partial charge is 0.193 e. The first-order valence-electron chi connectivity index (χ1n) is 10.6. The minimum atomic E-state index is 0. The second kappa shape index (κ2) is 12.6. The van der Waals surface area contributed by atoms with Crippen LogP contribution in [0.1, 0.15) is 18.9 Å². The molecule has 170 valence electrons. The number of anilines is 1. The molecule has 0 spiro atoms. The monoisotopic (exact) mass is 538 g/mol. The molecule has 1 aliphatic rings. The van der Waals surface area contributed by atoms with E-state index in [0.717, 1.165) is 56.6 Å². The Hall–Kier alpha value is -2.16. The van der Waals surface area contributed by atoms with Gasteiger partial charge in [0.2, 0.25) is 0 Å². The van der Waals surface area contributed by atoms with Gasteiger partial charge in [-0.25, -0.2) is 0 Å². The van der Waals surface area contributed by atoms with Crippen molar-refractivity contribution in [3.8, 4) is 11.5 Å². The van der Waals surface area contributed by atoms with E-state index >= 15 is 0 Å². The van der Waals surface area contributed by atoms with Crippen molar-refractivity contribution in [3.63, 3.8) is 0 Å². The van der Waals surface area contributed by atoms with Crippen LogP contribution in [-0.2, 0) is 6.54 Å². The van der Waals surface area contributed by atoms with Crippen molar-refractivity contribution >= 4 is 35.6 Å². The van der Waals surface area contributed by atoms with Gasteiger partial charge in [0.15, 0.2) is 5.96 Å². The molecule has 1 aliphatic heterocycles. The topological polar surface area (TPSA) is 49.3 Å². The summed E-state index contributed by atoms with van der Waals surface area (Å²) in [5, 5.41) is 3.43. The molecule has 2 aromatic carbocycles. The Morgan fingerprint density at radius 1 is 1.13 bits per heavy atom. The van der Waals surface area contributed by atoms with Crippen LogP contribution in [0.15, 0.2) is 53.5 Å². The van der Waals surface area contributed by atoms with E-state index in [1.807, 2.05) is 24.3 Å². The number of nitrogens with one attached hydrogen (secondary N) is 1. The summed E-state index contributed by atoms with van der Waals surface area (Å²) < 4.78 is 10.8. The summed E-state index contributed by atoms with van der Waals surface area (Å²) in [6.45, 7) is 6.62. The van der Waals surface area contributed by atoms with Crippen LogP contribution >= 0.6 is 24.0 Å². The molecule has 0 saturated carbocycles. The number of rotatable bonds is 8. The lowest BCUT2D eigenvalue weighted by Gasteiger charge is -2.23. The predicted molar refractivity (Wildman–Crippen MR) is 139 cm³/mol. The van der Waals surface area contributed by atoms with Crippen LogP contribution in [-0.4, -0.2) is 58.3 Å². The summed E-state index contributed by atoms with van der Waals surface area (Å²) in [6.07, 6.45) is 1.14. The van der Waals surface area contributed by atoms with E-state index in [1.165, 1.54) is 11.3 Å². The Bertz CT molecular complexity index is 829. The average Bonchev–Trinajstić information content (AvgIpc) is 3.26. The molecule has 31 heavy (non-hydrogen) atoms. The molecular weight excluding hydrogens is 503 g/mol. The van der Waals surface area contributed by atoms with Gasteiger partial charge in [-0.2, -0.15) is 0 Å². The first kappa shape index (κ1) is 25.1. The molecule has 1 fully saturated rings. The highest BCUT2D eigenvalue weighted by atomic mass is 127. The number of hydrogen-bond acceptors (Lipinski definition) is 4. The highest BCUT2D eigenvalue weighted by Crippen LogP contribution is 2.32. The molecule has 0 aromatic heterocycles. The van der Waals surface area contributed by atoms with Gasteiger partial charge in [-0.15, -0.1) is 24.0 Å². The second-order valence-electron chi connectivity index (χ2n) is 7.67.